The van der Waals surface area contributed by atoms with Crippen LogP contribution in [-0.2, 0) is 4.74 Å². The van der Waals surface area contributed by atoms with Gasteiger partial charge in [-0.25, -0.2) is 4.98 Å². The average Bonchev–Trinajstić information content (AvgIpc) is 3.00. The van der Waals surface area contributed by atoms with Crippen LogP contribution in [0, 0.1) is 0 Å². The molecule has 3 aromatic rings. The van der Waals surface area contributed by atoms with Crippen molar-refractivity contribution in [1.29, 1.82) is 0 Å². The van der Waals surface area contributed by atoms with Gasteiger partial charge in [0.2, 0.25) is 0 Å². The molecule has 0 amide bonds. The molecule has 1 aromatic carbocycles. The first-order valence-corrected chi connectivity index (χ1v) is 7.88. The lowest BCUT2D eigenvalue weighted by Crippen LogP contribution is -2.37. The topological polar surface area (TPSA) is 54.7 Å². The van der Waals surface area contributed by atoms with Crippen LogP contribution >= 0.6 is 11.6 Å². The Hall–Kier alpha value is -2.31. The van der Waals surface area contributed by atoms with Crippen LogP contribution in [0.5, 0.6) is 0 Å². The van der Waals surface area contributed by atoms with Gasteiger partial charge in [0.25, 0.3) is 0 Å². The van der Waals surface area contributed by atoms with Crippen molar-refractivity contribution in [1.82, 2.24) is 14.6 Å². The standard InChI is InChI=1S/C16H16ClN5O/c17-12-3-1-2-4-13(12)19-16-11-18-14-5-6-15(20-22(14)16)21-7-9-23-10-8-21/h1-6,11,19H,7-10H2. The Bertz CT molecular complexity index is 828. The van der Waals surface area contributed by atoms with Gasteiger partial charge in [-0.15, -0.1) is 5.10 Å². The minimum atomic E-state index is 0.659. The third-order valence-electron chi connectivity index (χ3n) is 3.82. The van der Waals surface area contributed by atoms with Crippen molar-refractivity contribution in [3.8, 4) is 0 Å². The fraction of sp³-hybridized carbons (Fsp3) is 0.250. The van der Waals surface area contributed by atoms with Crippen LogP contribution in [0.2, 0.25) is 5.02 Å². The summed E-state index contributed by atoms with van der Waals surface area (Å²) in [6, 6.07) is 11.6. The summed E-state index contributed by atoms with van der Waals surface area (Å²) in [7, 11) is 0. The molecule has 1 fully saturated rings. The number of nitrogens with one attached hydrogen (secondary N) is 1. The van der Waals surface area contributed by atoms with E-state index in [-0.39, 0.29) is 0 Å². The first-order chi connectivity index (χ1) is 11.3. The molecular weight excluding hydrogens is 314 g/mol. The molecule has 4 rings (SSSR count). The van der Waals surface area contributed by atoms with Gasteiger partial charge in [-0.3, -0.25) is 0 Å². The van der Waals surface area contributed by atoms with E-state index in [1.165, 1.54) is 0 Å². The molecule has 2 aromatic heterocycles. The van der Waals surface area contributed by atoms with Gasteiger partial charge in [0.1, 0.15) is 5.82 Å². The normalized spacial score (nSPS) is 15.1. The summed E-state index contributed by atoms with van der Waals surface area (Å²) in [5.74, 6) is 1.70. The van der Waals surface area contributed by atoms with E-state index in [2.05, 4.69) is 15.2 Å². The largest absolute Gasteiger partial charge is 0.378 e. The smallest absolute Gasteiger partial charge is 0.156 e. The summed E-state index contributed by atoms with van der Waals surface area (Å²) < 4.78 is 7.19. The van der Waals surface area contributed by atoms with E-state index in [1.807, 2.05) is 36.4 Å². The number of ether oxygens (including phenoxy) is 1. The Balaban J connectivity index is 1.68. The average molecular weight is 330 g/mol. The molecule has 1 N–H and O–H groups in total. The maximum absolute atomic E-state index is 6.21. The van der Waals surface area contributed by atoms with Crippen LogP contribution in [0.4, 0.5) is 17.3 Å². The third kappa shape index (κ3) is 2.83. The number of halogens is 1. The van der Waals surface area contributed by atoms with E-state index in [9.17, 15) is 0 Å². The zero-order chi connectivity index (χ0) is 15.6. The fourth-order valence-corrected chi connectivity index (χ4v) is 2.79. The number of aromatic nitrogens is 3. The second-order valence-electron chi connectivity index (χ2n) is 5.31. The molecule has 0 atom stereocenters. The van der Waals surface area contributed by atoms with Crippen LogP contribution in [-0.4, -0.2) is 40.9 Å². The molecule has 3 heterocycles. The summed E-state index contributed by atoms with van der Waals surface area (Å²) in [4.78, 5) is 6.59. The maximum atomic E-state index is 6.21. The van der Waals surface area contributed by atoms with Crippen molar-refractivity contribution in [3.05, 3.63) is 47.6 Å². The molecule has 0 unspecified atom stereocenters. The molecule has 0 aliphatic carbocycles. The summed E-state index contributed by atoms with van der Waals surface area (Å²) in [5, 5.41) is 8.65. The van der Waals surface area contributed by atoms with Gasteiger partial charge >= 0.3 is 0 Å². The highest BCUT2D eigenvalue weighted by atomic mass is 35.5. The van der Waals surface area contributed by atoms with E-state index < -0.39 is 0 Å². The molecule has 7 heteroatoms. The minimum Gasteiger partial charge on any atom is -0.378 e. The van der Waals surface area contributed by atoms with Gasteiger partial charge in [0, 0.05) is 13.1 Å². The summed E-state index contributed by atoms with van der Waals surface area (Å²) in [6.07, 6.45) is 1.76. The van der Waals surface area contributed by atoms with Gasteiger partial charge in [-0.1, -0.05) is 23.7 Å². The van der Waals surface area contributed by atoms with Gasteiger partial charge < -0.3 is 15.0 Å². The van der Waals surface area contributed by atoms with Crippen LogP contribution in [0.3, 0.4) is 0 Å². The van der Waals surface area contributed by atoms with E-state index >= 15 is 0 Å². The fourth-order valence-electron chi connectivity index (χ4n) is 2.61. The highest BCUT2D eigenvalue weighted by molar-refractivity contribution is 6.33. The molecule has 1 aliphatic rings. The van der Waals surface area contributed by atoms with Gasteiger partial charge in [-0.05, 0) is 24.3 Å². The molecule has 0 saturated carbocycles. The summed E-state index contributed by atoms with van der Waals surface area (Å²) in [5.41, 5.74) is 1.62. The number of fused-ring (bicyclic) bond motifs is 1. The minimum absolute atomic E-state index is 0.659. The quantitative estimate of drug-likeness (QED) is 0.800. The van der Waals surface area contributed by atoms with Crippen LogP contribution in [0.15, 0.2) is 42.6 Å². The van der Waals surface area contributed by atoms with E-state index in [0.29, 0.717) is 5.02 Å². The Labute approximate surface area is 138 Å². The SMILES string of the molecule is Clc1ccccc1Nc1cnc2ccc(N3CCOCC3)nn12. The lowest BCUT2D eigenvalue weighted by Gasteiger charge is -2.27. The maximum Gasteiger partial charge on any atom is 0.156 e. The number of imidazole rings is 1. The van der Waals surface area contributed by atoms with Crippen molar-refractivity contribution in [2.24, 2.45) is 0 Å². The molecule has 0 radical (unpaired) electrons. The van der Waals surface area contributed by atoms with Gasteiger partial charge in [0.05, 0.1) is 30.1 Å². The first-order valence-electron chi connectivity index (χ1n) is 7.50. The number of benzene rings is 1. The van der Waals surface area contributed by atoms with Crippen LogP contribution < -0.4 is 10.2 Å². The van der Waals surface area contributed by atoms with Crippen LogP contribution in [0.1, 0.15) is 0 Å². The lowest BCUT2D eigenvalue weighted by atomic mass is 10.3. The second kappa shape index (κ2) is 6.06. The molecule has 6 nitrogen and oxygen atoms in total. The molecule has 0 spiro atoms. The number of anilines is 3. The van der Waals surface area contributed by atoms with E-state index in [4.69, 9.17) is 21.4 Å². The van der Waals surface area contributed by atoms with Crippen molar-refractivity contribution in [3.63, 3.8) is 0 Å². The highest BCUT2D eigenvalue weighted by Gasteiger charge is 2.14. The zero-order valence-electron chi connectivity index (χ0n) is 12.4. The second-order valence-corrected chi connectivity index (χ2v) is 5.72. The predicted molar refractivity (Wildman–Crippen MR) is 90.8 cm³/mol. The predicted octanol–water partition coefficient (Wildman–Crippen LogP) is 2.96. The Morgan fingerprint density at radius 1 is 1.09 bits per heavy atom. The van der Waals surface area contributed by atoms with Crippen molar-refractivity contribution >= 4 is 34.6 Å². The van der Waals surface area contributed by atoms with Crippen molar-refractivity contribution in [2.45, 2.75) is 0 Å². The molecular formula is C16H16ClN5O. The monoisotopic (exact) mass is 329 g/mol. The molecule has 1 saturated heterocycles. The number of para-hydroxylation sites is 1. The zero-order valence-corrected chi connectivity index (χ0v) is 13.2. The Kier molecular flexibility index (Phi) is 3.77. The van der Waals surface area contributed by atoms with E-state index in [1.54, 1.807) is 10.7 Å². The number of rotatable bonds is 3. The van der Waals surface area contributed by atoms with Gasteiger partial charge in [0.15, 0.2) is 11.5 Å². The lowest BCUT2D eigenvalue weighted by molar-refractivity contribution is 0.122. The Morgan fingerprint density at radius 3 is 2.74 bits per heavy atom. The number of nitrogens with zero attached hydrogens (tertiary/aromatic N) is 4. The van der Waals surface area contributed by atoms with Crippen molar-refractivity contribution < 1.29 is 4.74 Å². The first kappa shape index (κ1) is 14.3. The summed E-state index contributed by atoms with van der Waals surface area (Å²) in [6.45, 7) is 3.16. The molecule has 23 heavy (non-hydrogen) atoms. The van der Waals surface area contributed by atoms with E-state index in [0.717, 1.165) is 49.3 Å². The Morgan fingerprint density at radius 2 is 1.91 bits per heavy atom. The molecule has 118 valence electrons. The number of hydrogen-bond donors (Lipinski definition) is 1. The number of hydrogen-bond acceptors (Lipinski definition) is 5. The van der Waals surface area contributed by atoms with Crippen LogP contribution in [0.25, 0.3) is 5.65 Å². The highest BCUT2D eigenvalue weighted by Crippen LogP contribution is 2.25. The van der Waals surface area contributed by atoms with Crippen molar-refractivity contribution in [2.75, 3.05) is 36.5 Å². The summed E-state index contributed by atoms with van der Waals surface area (Å²) >= 11 is 6.21. The number of morpholine rings is 1. The third-order valence-corrected chi connectivity index (χ3v) is 4.15. The molecule has 0 bridgehead atoms. The van der Waals surface area contributed by atoms with Gasteiger partial charge in [-0.2, -0.15) is 4.52 Å². The molecule has 1 aliphatic heterocycles.